The van der Waals surface area contributed by atoms with Crippen LogP contribution in [0, 0.1) is 0 Å². The zero-order valence-corrected chi connectivity index (χ0v) is 8.63. The summed E-state index contributed by atoms with van der Waals surface area (Å²) in [5, 5.41) is 7.57. The van der Waals surface area contributed by atoms with E-state index in [0.717, 1.165) is 26.4 Å². The van der Waals surface area contributed by atoms with Crippen LogP contribution in [-0.2, 0) is 9.47 Å². The fourth-order valence-electron chi connectivity index (χ4n) is 1.02. The smallest absolute Gasteiger partial charge is 0.0466 e. The van der Waals surface area contributed by atoms with E-state index in [1.54, 1.807) is 6.92 Å². The first kappa shape index (κ1) is 12.9. The zero-order valence-electron chi connectivity index (χ0n) is 8.63. The van der Waals surface area contributed by atoms with Gasteiger partial charge in [0.25, 0.3) is 0 Å². The number of aliphatic hydroxyl groups excluding tert-OH is 1. The third-order valence-corrected chi connectivity index (χ3v) is 1.65. The van der Waals surface area contributed by atoms with E-state index in [0.29, 0.717) is 0 Å². The van der Waals surface area contributed by atoms with Crippen molar-refractivity contribution < 1.29 is 14.6 Å². The lowest BCUT2D eigenvalue weighted by Gasteiger charge is -1.76. The van der Waals surface area contributed by atoms with Gasteiger partial charge in [-0.05, 0) is 32.6 Å². The fraction of sp³-hybridized carbons (Fsp3) is 1.00. The van der Waals surface area contributed by atoms with Crippen LogP contribution in [0.15, 0.2) is 0 Å². The quantitative estimate of drug-likeness (QED) is 0.630. The number of hydrogen-bond acceptors (Lipinski definition) is 3. The highest BCUT2D eigenvalue weighted by Crippen LogP contribution is 1.98. The molecule has 2 aliphatic heterocycles. The summed E-state index contributed by atoms with van der Waals surface area (Å²) >= 11 is 0. The first-order valence-corrected chi connectivity index (χ1v) is 5.18. The van der Waals surface area contributed by atoms with Crippen LogP contribution in [0.4, 0.5) is 0 Å². The molecule has 0 aromatic rings. The monoisotopic (exact) mass is 190 g/mol. The number of rotatable bonds is 0. The second-order valence-electron chi connectivity index (χ2n) is 2.96. The molecule has 2 saturated heterocycles. The van der Waals surface area contributed by atoms with Crippen LogP contribution in [0.25, 0.3) is 0 Å². The predicted molar refractivity (Wildman–Crippen MR) is 52.9 cm³/mol. The minimum absolute atomic E-state index is 0.250. The van der Waals surface area contributed by atoms with Crippen LogP contribution >= 0.6 is 0 Å². The van der Waals surface area contributed by atoms with Crippen LogP contribution in [0.3, 0.4) is 0 Å². The summed E-state index contributed by atoms with van der Waals surface area (Å²) in [7, 11) is 0. The van der Waals surface area contributed by atoms with Crippen molar-refractivity contribution >= 4 is 0 Å². The summed E-state index contributed by atoms with van der Waals surface area (Å²) in [5.41, 5.74) is 0. The third-order valence-electron chi connectivity index (χ3n) is 1.65. The maximum Gasteiger partial charge on any atom is 0.0466 e. The van der Waals surface area contributed by atoms with Gasteiger partial charge in [0.15, 0.2) is 0 Å². The van der Waals surface area contributed by atoms with Gasteiger partial charge >= 0.3 is 0 Å². The summed E-state index contributed by atoms with van der Waals surface area (Å²) in [5.74, 6) is 0. The molecule has 0 bridgehead atoms. The lowest BCUT2D eigenvalue weighted by atomic mass is 10.4. The van der Waals surface area contributed by atoms with Gasteiger partial charge in [0.2, 0.25) is 0 Å². The van der Waals surface area contributed by atoms with Crippen LogP contribution in [0.1, 0.15) is 32.6 Å². The first-order valence-electron chi connectivity index (χ1n) is 5.18. The second-order valence-corrected chi connectivity index (χ2v) is 2.96. The summed E-state index contributed by atoms with van der Waals surface area (Å²) in [6.45, 7) is 5.93. The Morgan fingerprint density at radius 1 is 0.846 bits per heavy atom. The van der Waals surface area contributed by atoms with Gasteiger partial charge in [-0.1, -0.05) is 0 Å². The van der Waals surface area contributed by atoms with E-state index in [4.69, 9.17) is 14.6 Å². The predicted octanol–water partition coefficient (Wildman–Crippen LogP) is 1.59. The van der Waals surface area contributed by atoms with Gasteiger partial charge in [-0.15, -0.1) is 0 Å². The van der Waals surface area contributed by atoms with Crippen molar-refractivity contribution in [1.82, 2.24) is 0 Å². The van der Waals surface area contributed by atoms with E-state index in [1.165, 1.54) is 25.7 Å². The van der Waals surface area contributed by atoms with Crippen molar-refractivity contribution in [3.63, 3.8) is 0 Å². The minimum Gasteiger partial charge on any atom is -0.397 e. The molecule has 2 rings (SSSR count). The maximum absolute atomic E-state index is 7.57. The largest absolute Gasteiger partial charge is 0.397 e. The van der Waals surface area contributed by atoms with Crippen LogP contribution in [0.5, 0.6) is 0 Å². The molecule has 0 unspecified atom stereocenters. The molecule has 2 fully saturated rings. The Kier molecular flexibility index (Phi) is 11.8. The lowest BCUT2D eigenvalue weighted by molar-refractivity contribution is 0.198. The van der Waals surface area contributed by atoms with Crippen molar-refractivity contribution in [2.45, 2.75) is 32.6 Å². The maximum atomic E-state index is 7.57. The van der Waals surface area contributed by atoms with Gasteiger partial charge in [-0.3, -0.25) is 0 Å². The summed E-state index contributed by atoms with van der Waals surface area (Å²) in [6.07, 6.45) is 5.11. The average molecular weight is 190 g/mol. The second kappa shape index (κ2) is 11.9. The average Bonchev–Trinajstić information content (AvgIpc) is 2.85. The molecule has 0 spiro atoms. The fourth-order valence-corrected chi connectivity index (χ4v) is 1.02. The van der Waals surface area contributed by atoms with Gasteiger partial charge in [0.1, 0.15) is 0 Å². The van der Waals surface area contributed by atoms with E-state index in [9.17, 15) is 0 Å². The highest BCUT2D eigenvalue weighted by atomic mass is 16.5. The summed E-state index contributed by atoms with van der Waals surface area (Å²) < 4.78 is 9.89. The first-order chi connectivity index (χ1) is 6.41. The van der Waals surface area contributed by atoms with Crippen LogP contribution in [-0.4, -0.2) is 38.1 Å². The van der Waals surface area contributed by atoms with Gasteiger partial charge in [-0.25, -0.2) is 0 Å². The Hall–Kier alpha value is -0.120. The molecule has 0 aliphatic carbocycles. The molecule has 1 N–H and O–H groups in total. The van der Waals surface area contributed by atoms with Gasteiger partial charge in [0.05, 0.1) is 0 Å². The third kappa shape index (κ3) is 11.9. The van der Waals surface area contributed by atoms with E-state index >= 15 is 0 Å². The molecular weight excluding hydrogens is 168 g/mol. The molecule has 0 aromatic heterocycles. The molecular formula is C10H22O3. The molecule has 0 radical (unpaired) electrons. The Morgan fingerprint density at radius 2 is 1.08 bits per heavy atom. The van der Waals surface area contributed by atoms with Crippen LogP contribution in [0.2, 0.25) is 0 Å². The highest BCUT2D eigenvalue weighted by molar-refractivity contribution is 4.44. The Labute approximate surface area is 81.0 Å². The van der Waals surface area contributed by atoms with Gasteiger partial charge < -0.3 is 14.6 Å². The number of ether oxygens (including phenoxy) is 2. The number of aliphatic hydroxyl groups is 1. The normalized spacial score (nSPS) is 19.8. The van der Waals surface area contributed by atoms with Crippen molar-refractivity contribution in [3.8, 4) is 0 Å². The Morgan fingerprint density at radius 3 is 1.15 bits per heavy atom. The zero-order chi connectivity index (χ0) is 9.78. The summed E-state index contributed by atoms with van der Waals surface area (Å²) in [6, 6.07) is 0. The molecule has 0 atom stereocenters. The van der Waals surface area contributed by atoms with Crippen molar-refractivity contribution in [3.05, 3.63) is 0 Å². The van der Waals surface area contributed by atoms with E-state index in [1.807, 2.05) is 0 Å². The summed E-state index contributed by atoms with van der Waals surface area (Å²) in [4.78, 5) is 0. The minimum atomic E-state index is 0.250. The lowest BCUT2D eigenvalue weighted by Crippen LogP contribution is -1.74. The molecule has 80 valence electrons. The van der Waals surface area contributed by atoms with E-state index < -0.39 is 0 Å². The van der Waals surface area contributed by atoms with Crippen molar-refractivity contribution in [1.29, 1.82) is 0 Å². The molecule has 0 amide bonds. The molecule has 13 heavy (non-hydrogen) atoms. The van der Waals surface area contributed by atoms with E-state index in [2.05, 4.69) is 0 Å². The topological polar surface area (TPSA) is 38.7 Å². The number of hydrogen-bond donors (Lipinski definition) is 1. The Bertz CT molecular complexity index is 53.0. The standard InChI is InChI=1S/2C4H8O.C2H6O/c2*1-2-4-5-3-1;1-2-3/h2*1-4H2;3H,2H2,1H3. The van der Waals surface area contributed by atoms with E-state index in [-0.39, 0.29) is 6.61 Å². The molecule has 3 heteroatoms. The Balaban J connectivity index is 0.000000174. The molecule has 0 aromatic carbocycles. The highest BCUT2D eigenvalue weighted by Gasteiger charge is 1.95. The molecule has 2 aliphatic rings. The van der Waals surface area contributed by atoms with Crippen molar-refractivity contribution in [2.24, 2.45) is 0 Å². The molecule has 2 heterocycles. The van der Waals surface area contributed by atoms with Gasteiger partial charge in [0, 0.05) is 33.0 Å². The van der Waals surface area contributed by atoms with Crippen LogP contribution < -0.4 is 0 Å². The molecule has 3 nitrogen and oxygen atoms in total. The molecule has 0 saturated carbocycles. The van der Waals surface area contributed by atoms with Gasteiger partial charge in [-0.2, -0.15) is 0 Å². The SMILES string of the molecule is C1CCOC1.C1CCOC1.CCO. The van der Waals surface area contributed by atoms with Crippen molar-refractivity contribution in [2.75, 3.05) is 33.0 Å².